The van der Waals surface area contributed by atoms with E-state index in [1.165, 1.54) is 15.4 Å². The fourth-order valence-electron chi connectivity index (χ4n) is 6.81. The molecule has 3 aromatic rings. The fraction of sp³-hybridized carbons (Fsp3) is 0.441. The number of nitrogens with one attached hydrogen (secondary N) is 1. The standard InChI is InChI=1S/C34H40FN3O3S/c1-24-9-14-30(15-10-24)42(40,41)38-29(13-12-26-5-2-3-8-33(26)38)22-34(39)36-32-7-4-6-27-21-25(11-16-31(27)32)23-37-19-17-28(35)18-20-37/h2-3,5,8-11,14-16,21,28-29,32H,4,6-7,12-13,17-20,22-23H2,1H3,(H,36,39)/t29?,32-/m1/s1. The molecule has 222 valence electrons. The minimum absolute atomic E-state index is 0.0874. The Kier molecular flexibility index (Phi) is 8.37. The molecule has 1 unspecified atom stereocenters. The van der Waals surface area contributed by atoms with Gasteiger partial charge in [-0.15, -0.1) is 0 Å². The maximum Gasteiger partial charge on any atom is 0.264 e. The molecule has 1 amide bonds. The molecule has 0 spiro atoms. The quantitative estimate of drug-likeness (QED) is 0.366. The Morgan fingerprint density at radius 3 is 2.48 bits per heavy atom. The molecule has 0 radical (unpaired) electrons. The first kappa shape index (κ1) is 28.9. The maximum absolute atomic E-state index is 14.0. The van der Waals surface area contributed by atoms with E-state index in [9.17, 15) is 17.6 Å². The lowest BCUT2D eigenvalue weighted by molar-refractivity contribution is -0.122. The first-order valence-electron chi connectivity index (χ1n) is 15.2. The van der Waals surface area contributed by atoms with E-state index in [0.29, 0.717) is 24.9 Å². The minimum atomic E-state index is -3.86. The molecule has 1 fully saturated rings. The molecule has 1 aliphatic carbocycles. The van der Waals surface area contributed by atoms with Crippen molar-refractivity contribution in [3.05, 3.63) is 94.5 Å². The number of nitrogens with zero attached hydrogens (tertiary/aromatic N) is 2. The largest absolute Gasteiger partial charge is 0.349 e. The van der Waals surface area contributed by atoms with Crippen LogP contribution in [0.1, 0.15) is 72.4 Å². The van der Waals surface area contributed by atoms with Crippen LogP contribution in [-0.4, -0.2) is 44.5 Å². The van der Waals surface area contributed by atoms with Crippen LogP contribution in [0, 0.1) is 6.92 Å². The number of aryl methyl sites for hydroxylation is 3. The van der Waals surface area contributed by atoms with Gasteiger partial charge in [-0.25, -0.2) is 12.8 Å². The average Bonchev–Trinajstić information content (AvgIpc) is 2.98. The van der Waals surface area contributed by atoms with Gasteiger partial charge in [-0.3, -0.25) is 14.0 Å². The lowest BCUT2D eigenvalue weighted by Gasteiger charge is -2.38. The number of piperidine rings is 1. The lowest BCUT2D eigenvalue weighted by atomic mass is 9.86. The summed E-state index contributed by atoms with van der Waals surface area (Å²) >= 11 is 0. The number of hydrogen-bond donors (Lipinski definition) is 1. The van der Waals surface area contributed by atoms with Crippen molar-refractivity contribution in [2.24, 2.45) is 0 Å². The van der Waals surface area contributed by atoms with E-state index < -0.39 is 22.2 Å². The molecule has 3 aliphatic rings. The monoisotopic (exact) mass is 589 g/mol. The van der Waals surface area contributed by atoms with E-state index in [2.05, 4.69) is 28.4 Å². The Morgan fingerprint density at radius 2 is 1.69 bits per heavy atom. The van der Waals surface area contributed by atoms with Gasteiger partial charge in [0.2, 0.25) is 5.91 Å². The van der Waals surface area contributed by atoms with Crippen LogP contribution in [0.2, 0.25) is 0 Å². The second kappa shape index (κ2) is 12.2. The van der Waals surface area contributed by atoms with Crippen LogP contribution < -0.4 is 9.62 Å². The summed E-state index contributed by atoms with van der Waals surface area (Å²) in [5.41, 5.74) is 6.28. The van der Waals surface area contributed by atoms with Gasteiger partial charge in [0.05, 0.1) is 22.7 Å². The smallest absolute Gasteiger partial charge is 0.264 e. The van der Waals surface area contributed by atoms with E-state index in [4.69, 9.17) is 0 Å². The van der Waals surface area contributed by atoms with Gasteiger partial charge < -0.3 is 5.32 Å². The third-order valence-electron chi connectivity index (χ3n) is 9.09. The molecule has 0 bridgehead atoms. The second-order valence-electron chi connectivity index (χ2n) is 12.1. The third-order valence-corrected chi connectivity index (χ3v) is 11.0. The number of carbonyl (C=O) groups is 1. The highest BCUT2D eigenvalue weighted by atomic mass is 32.2. The molecule has 3 aromatic carbocycles. The number of fused-ring (bicyclic) bond motifs is 2. The first-order chi connectivity index (χ1) is 20.3. The Morgan fingerprint density at radius 1 is 0.929 bits per heavy atom. The van der Waals surface area contributed by atoms with E-state index in [1.807, 2.05) is 43.3 Å². The zero-order chi connectivity index (χ0) is 29.3. The van der Waals surface area contributed by atoms with E-state index >= 15 is 0 Å². The number of benzene rings is 3. The van der Waals surface area contributed by atoms with Crippen molar-refractivity contribution >= 4 is 21.6 Å². The lowest BCUT2D eigenvalue weighted by Crippen LogP contribution is -2.46. The van der Waals surface area contributed by atoms with Crippen LogP contribution in [0.15, 0.2) is 71.6 Å². The molecule has 6 rings (SSSR count). The van der Waals surface area contributed by atoms with Gasteiger partial charge in [0, 0.05) is 26.1 Å². The van der Waals surface area contributed by atoms with Crippen LogP contribution in [-0.2, 0) is 34.2 Å². The molecular formula is C34H40FN3O3S. The predicted molar refractivity (Wildman–Crippen MR) is 164 cm³/mol. The molecule has 2 aliphatic heterocycles. The van der Waals surface area contributed by atoms with Gasteiger partial charge in [-0.05, 0) is 92.3 Å². The molecule has 1 N–H and O–H groups in total. The zero-order valence-electron chi connectivity index (χ0n) is 24.3. The van der Waals surface area contributed by atoms with Gasteiger partial charge in [-0.2, -0.15) is 0 Å². The van der Waals surface area contributed by atoms with Gasteiger partial charge >= 0.3 is 0 Å². The Balaban J connectivity index is 1.18. The number of alkyl halides is 1. The normalized spacial score (nSPS) is 21.4. The van der Waals surface area contributed by atoms with Crippen molar-refractivity contribution in [1.29, 1.82) is 0 Å². The highest BCUT2D eigenvalue weighted by Crippen LogP contribution is 2.37. The molecule has 0 aromatic heterocycles. The summed E-state index contributed by atoms with van der Waals surface area (Å²) in [5.74, 6) is -0.125. The van der Waals surface area contributed by atoms with E-state index in [0.717, 1.165) is 62.0 Å². The van der Waals surface area contributed by atoms with Crippen LogP contribution in [0.4, 0.5) is 10.1 Å². The Hall–Kier alpha value is -3.23. The van der Waals surface area contributed by atoms with Gasteiger partial charge in [0.25, 0.3) is 10.0 Å². The molecule has 2 atom stereocenters. The number of sulfonamides is 1. The number of anilines is 1. The van der Waals surface area contributed by atoms with Crippen LogP contribution in [0.25, 0.3) is 0 Å². The maximum atomic E-state index is 14.0. The summed E-state index contributed by atoms with van der Waals surface area (Å²) < 4.78 is 43.0. The topological polar surface area (TPSA) is 69.7 Å². The van der Waals surface area contributed by atoms with Crippen molar-refractivity contribution in [3.8, 4) is 0 Å². The molecule has 42 heavy (non-hydrogen) atoms. The molecule has 8 heteroatoms. The van der Waals surface area contributed by atoms with Crippen LogP contribution in [0.3, 0.4) is 0 Å². The summed E-state index contributed by atoms with van der Waals surface area (Å²) in [4.78, 5) is 16.1. The van der Waals surface area contributed by atoms with Crippen molar-refractivity contribution in [2.75, 3.05) is 17.4 Å². The summed E-state index contributed by atoms with van der Waals surface area (Å²) in [6.07, 6.45) is 4.78. The summed E-state index contributed by atoms with van der Waals surface area (Å²) in [7, 11) is -3.86. The predicted octanol–water partition coefficient (Wildman–Crippen LogP) is 6.02. The van der Waals surface area contributed by atoms with Gasteiger partial charge in [0.1, 0.15) is 6.17 Å². The number of para-hydroxylation sites is 1. The molecular weight excluding hydrogens is 549 g/mol. The van der Waals surface area contributed by atoms with E-state index in [-0.39, 0.29) is 23.3 Å². The number of rotatable bonds is 7. The van der Waals surface area contributed by atoms with Crippen LogP contribution in [0.5, 0.6) is 0 Å². The number of hydrogen-bond acceptors (Lipinski definition) is 4. The van der Waals surface area contributed by atoms with Gasteiger partial charge in [-0.1, -0.05) is 54.1 Å². The summed E-state index contributed by atoms with van der Waals surface area (Å²) in [6, 6.07) is 20.5. The van der Waals surface area contributed by atoms with Crippen molar-refractivity contribution in [2.45, 2.75) is 88.0 Å². The fourth-order valence-corrected chi connectivity index (χ4v) is 8.53. The highest BCUT2D eigenvalue weighted by molar-refractivity contribution is 7.92. The van der Waals surface area contributed by atoms with Crippen molar-refractivity contribution < 1.29 is 17.6 Å². The zero-order valence-corrected chi connectivity index (χ0v) is 25.1. The van der Waals surface area contributed by atoms with E-state index in [1.54, 1.807) is 12.1 Å². The van der Waals surface area contributed by atoms with Crippen molar-refractivity contribution in [1.82, 2.24) is 10.2 Å². The van der Waals surface area contributed by atoms with Crippen LogP contribution >= 0.6 is 0 Å². The average molecular weight is 590 g/mol. The number of halogens is 1. The molecule has 6 nitrogen and oxygen atoms in total. The number of carbonyl (C=O) groups excluding carboxylic acids is 1. The minimum Gasteiger partial charge on any atom is -0.349 e. The summed E-state index contributed by atoms with van der Waals surface area (Å²) in [6.45, 7) is 4.34. The molecule has 2 heterocycles. The molecule has 0 saturated carbocycles. The number of likely N-dealkylation sites (tertiary alicyclic amines) is 1. The summed E-state index contributed by atoms with van der Waals surface area (Å²) in [5, 5.41) is 3.26. The Bertz CT molecular complexity index is 1530. The van der Waals surface area contributed by atoms with Crippen molar-refractivity contribution in [3.63, 3.8) is 0 Å². The van der Waals surface area contributed by atoms with Gasteiger partial charge in [0.15, 0.2) is 0 Å². The number of amides is 1. The molecule has 1 saturated heterocycles. The highest BCUT2D eigenvalue weighted by Gasteiger charge is 2.37. The SMILES string of the molecule is Cc1ccc(S(=O)(=O)N2c3ccccc3CCC2CC(=O)N[C@@H]2CCCc3cc(CN4CCC(F)CC4)ccc32)cc1. The second-order valence-corrected chi connectivity index (χ2v) is 14.0. The Labute approximate surface area is 249 Å². The third kappa shape index (κ3) is 6.11. The first-order valence-corrected chi connectivity index (χ1v) is 16.7.